The van der Waals surface area contributed by atoms with Crippen LogP contribution in [0.5, 0.6) is 0 Å². The summed E-state index contributed by atoms with van der Waals surface area (Å²) >= 11 is 0. The van der Waals surface area contributed by atoms with Crippen molar-refractivity contribution in [2.45, 2.75) is 31.5 Å². The lowest BCUT2D eigenvalue weighted by atomic mass is 9.98. The Kier molecular flexibility index (Phi) is 5.68. The van der Waals surface area contributed by atoms with Crippen molar-refractivity contribution in [3.05, 3.63) is 0 Å². The highest BCUT2D eigenvalue weighted by molar-refractivity contribution is 5.78. The summed E-state index contributed by atoms with van der Waals surface area (Å²) in [5, 5.41) is 17.8. The molecule has 4 N–H and O–H groups in total. The summed E-state index contributed by atoms with van der Waals surface area (Å²) in [5.74, 6) is -0.879. The minimum absolute atomic E-state index is 0.186. The number of likely N-dealkylation sites (N-methyl/N-ethyl adjacent to an activating group) is 2. The van der Waals surface area contributed by atoms with Gasteiger partial charge in [0, 0.05) is 12.5 Å². The van der Waals surface area contributed by atoms with Gasteiger partial charge in [0.1, 0.15) is 0 Å². The maximum atomic E-state index is 11.1. The number of hydrogen-bond acceptors (Lipinski definition) is 4. The molecule has 1 atom stereocenters. The zero-order valence-electron chi connectivity index (χ0n) is 9.35. The molecule has 84 valence electrons. The monoisotopic (exact) mass is 203 g/mol. The van der Waals surface area contributed by atoms with Crippen LogP contribution in [0.1, 0.15) is 19.8 Å². The predicted octanol–water partition coefficient (Wildman–Crippen LogP) is -0.406. The Labute approximate surface area is 85.3 Å². The third-order valence-corrected chi connectivity index (χ3v) is 2.67. The second-order valence-electron chi connectivity index (χ2n) is 3.31. The highest BCUT2D eigenvalue weighted by Crippen LogP contribution is 2.11. The van der Waals surface area contributed by atoms with Gasteiger partial charge in [-0.3, -0.25) is 10.6 Å². The molecule has 0 aromatic heterocycles. The lowest BCUT2D eigenvalue weighted by molar-refractivity contribution is -0.146. The van der Waals surface area contributed by atoms with Crippen LogP contribution in [0.2, 0.25) is 0 Å². The van der Waals surface area contributed by atoms with E-state index in [0.717, 1.165) is 6.42 Å². The molecule has 0 rings (SSSR count). The molecule has 0 saturated carbocycles. The minimum Gasteiger partial charge on any atom is -0.479 e. The van der Waals surface area contributed by atoms with E-state index in [4.69, 9.17) is 5.11 Å². The number of nitrogens with one attached hydrogen (secondary N) is 3. The van der Waals surface area contributed by atoms with Crippen molar-refractivity contribution < 1.29 is 9.90 Å². The van der Waals surface area contributed by atoms with E-state index in [2.05, 4.69) is 16.0 Å². The number of carboxylic acids is 1. The average molecular weight is 203 g/mol. The average Bonchev–Trinajstić information content (AvgIpc) is 2.20. The van der Waals surface area contributed by atoms with Gasteiger partial charge < -0.3 is 10.4 Å². The number of rotatable bonds is 7. The van der Waals surface area contributed by atoms with Crippen molar-refractivity contribution in [3.63, 3.8) is 0 Å². The number of hydrogen-bond donors (Lipinski definition) is 4. The van der Waals surface area contributed by atoms with Crippen LogP contribution in [0.4, 0.5) is 0 Å². The highest BCUT2D eigenvalue weighted by atomic mass is 16.4. The molecule has 0 heterocycles. The molecule has 0 spiro atoms. The van der Waals surface area contributed by atoms with Crippen LogP contribution in [0.25, 0.3) is 0 Å². The van der Waals surface area contributed by atoms with E-state index in [1.54, 1.807) is 14.1 Å². The van der Waals surface area contributed by atoms with Gasteiger partial charge in [-0.25, -0.2) is 4.79 Å². The number of carbonyl (C=O) groups is 1. The van der Waals surface area contributed by atoms with Crippen molar-refractivity contribution in [3.8, 4) is 0 Å². The van der Waals surface area contributed by atoms with Gasteiger partial charge in [0.05, 0.1) is 0 Å². The molecule has 0 amide bonds. The predicted molar refractivity (Wildman–Crippen MR) is 56.2 cm³/mol. The van der Waals surface area contributed by atoms with E-state index < -0.39 is 11.6 Å². The molecular formula is C9H21N3O2. The van der Waals surface area contributed by atoms with E-state index in [0.29, 0.717) is 6.42 Å². The molecule has 5 heteroatoms. The van der Waals surface area contributed by atoms with Crippen LogP contribution in [0, 0.1) is 0 Å². The Morgan fingerprint density at radius 1 is 1.36 bits per heavy atom. The normalized spacial score (nSPS) is 14.0. The van der Waals surface area contributed by atoms with Crippen molar-refractivity contribution in [1.82, 2.24) is 16.0 Å². The maximum absolute atomic E-state index is 11.1. The second kappa shape index (κ2) is 5.95. The van der Waals surface area contributed by atoms with Crippen LogP contribution < -0.4 is 16.0 Å². The lowest BCUT2D eigenvalue weighted by Gasteiger charge is -2.31. The molecule has 0 fully saturated rings. The van der Waals surface area contributed by atoms with Crippen LogP contribution in [0.3, 0.4) is 0 Å². The van der Waals surface area contributed by atoms with Crippen molar-refractivity contribution in [1.29, 1.82) is 0 Å². The first-order valence-corrected chi connectivity index (χ1v) is 4.84. The molecule has 0 radical (unpaired) electrons. The summed E-state index contributed by atoms with van der Waals surface area (Å²) in [6.07, 6.45) is 1.40. The summed E-state index contributed by atoms with van der Waals surface area (Å²) in [4.78, 5) is 11.1. The first-order valence-electron chi connectivity index (χ1n) is 4.84. The van der Waals surface area contributed by atoms with E-state index in [9.17, 15) is 4.79 Å². The quantitative estimate of drug-likeness (QED) is 0.424. The van der Waals surface area contributed by atoms with Crippen LogP contribution >= 0.6 is 0 Å². The van der Waals surface area contributed by atoms with E-state index in [1.165, 1.54) is 0 Å². The molecule has 14 heavy (non-hydrogen) atoms. The number of carboxylic acid groups (broad SMARTS) is 1. The smallest absolute Gasteiger partial charge is 0.338 e. The first-order chi connectivity index (χ1) is 6.56. The van der Waals surface area contributed by atoms with Gasteiger partial charge in [0.25, 0.3) is 0 Å². The Morgan fingerprint density at radius 2 is 1.86 bits per heavy atom. The Morgan fingerprint density at radius 3 is 2.07 bits per heavy atom. The van der Waals surface area contributed by atoms with Crippen molar-refractivity contribution >= 4 is 5.97 Å². The van der Waals surface area contributed by atoms with E-state index in [1.807, 2.05) is 14.0 Å². The van der Waals surface area contributed by atoms with Gasteiger partial charge in [-0.15, -0.1) is 0 Å². The van der Waals surface area contributed by atoms with Gasteiger partial charge in [0.15, 0.2) is 5.66 Å². The zero-order chi connectivity index (χ0) is 11.2. The van der Waals surface area contributed by atoms with Gasteiger partial charge in [0.2, 0.25) is 0 Å². The second-order valence-corrected chi connectivity index (χ2v) is 3.31. The summed E-state index contributed by atoms with van der Waals surface area (Å²) in [6.45, 7) is 2.03. The molecule has 0 saturated heterocycles. The van der Waals surface area contributed by atoms with Gasteiger partial charge in [-0.05, 0) is 27.6 Å². The molecule has 0 aliphatic rings. The topological polar surface area (TPSA) is 73.4 Å². The summed E-state index contributed by atoms with van der Waals surface area (Å²) in [5.41, 5.74) is -1.04. The van der Waals surface area contributed by atoms with Gasteiger partial charge >= 0.3 is 5.97 Å². The fraction of sp³-hybridized carbons (Fsp3) is 0.889. The Balaban J connectivity index is 4.56. The van der Waals surface area contributed by atoms with Crippen LogP contribution in [-0.4, -0.2) is 43.9 Å². The van der Waals surface area contributed by atoms with Gasteiger partial charge in [-0.2, -0.15) is 0 Å². The van der Waals surface area contributed by atoms with E-state index >= 15 is 0 Å². The molecule has 0 bridgehead atoms. The fourth-order valence-corrected chi connectivity index (χ4v) is 1.45. The molecule has 1 unspecified atom stereocenters. The molecule has 0 aliphatic heterocycles. The SMILES string of the molecule is CCC(CC(NC)(NC)C(=O)O)NC. The zero-order valence-corrected chi connectivity index (χ0v) is 9.35. The van der Waals surface area contributed by atoms with Crippen molar-refractivity contribution in [2.24, 2.45) is 0 Å². The highest BCUT2D eigenvalue weighted by Gasteiger charge is 2.36. The summed E-state index contributed by atoms with van der Waals surface area (Å²) in [6, 6.07) is 0.186. The summed E-state index contributed by atoms with van der Waals surface area (Å²) < 4.78 is 0. The Hall–Kier alpha value is -0.650. The third kappa shape index (κ3) is 2.94. The molecule has 0 aliphatic carbocycles. The standard InChI is InChI=1S/C9H21N3O2/c1-5-7(10-2)6-9(11-3,12-4)8(13)14/h7,10-12H,5-6H2,1-4H3,(H,13,14). The first kappa shape index (κ1) is 13.4. The van der Waals surface area contributed by atoms with Crippen molar-refractivity contribution in [2.75, 3.05) is 21.1 Å². The van der Waals surface area contributed by atoms with Crippen LogP contribution in [-0.2, 0) is 4.79 Å². The Bertz CT molecular complexity index is 177. The maximum Gasteiger partial charge on any atom is 0.338 e. The largest absolute Gasteiger partial charge is 0.479 e. The van der Waals surface area contributed by atoms with Gasteiger partial charge in [-0.1, -0.05) is 6.92 Å². The van der Waals surface area contributed by atoms with E-state index in [-0.39, 0.29) is 6.04 Å². The molecule has 5 nitrogen and oxygen atoms in total. The van der Waals surface area contributed by atoms with Crippen LogP contribution in [0.15, 0.2) is 0 Å². The lowest BCUT2D eigenvalue weighted by Crippen LogP contribution is -2.62. The summed E-state index contributed by atoms with van der Waals surface area (Å²) in [7, 11) is 5.13. The molecule has 0 aromatic rings. The molecular weight excluding hydrogens is 182 g/mol. The molecule has 0 aromatic carbocycles. The fourth-order valence-electron chi connectivity index (χ4n) is 1.45. The number of aliphatic carboxylic acids is 1. The third-order valence-electron chi connectivity index (χ3n) is 2.67. The minimum atomic E-state index is -1.04.